The van der Waals surface area contributed by atoms with E-state index >= 15 is 0 Å². The number of guanidine groups is 1. The van der Waals surface area contributed by atoms with E-state index in [1.54, 1.807) is 0 Å². The Morgan fingerprint density at radius 3 is 2.18 bits per heavy atom. The highest BCUT2D eigenvalue weighted by Gasteiger charge is 2.21. The normalized spacial score (nSPS) is 12.9. The Morgan fingerprint density at radius 1 is 1.45 bits per heavy atom. The Kier molecular flexibility index (Phi) is 3.04. The third-order valence-electron chi connectivity index (χ3n) is 1.16. The van der Waals surface area contributed by atoms with Crippen LogP contribution < -0.4 is 11.1 Å². The molecule has 0 aromatic carbocycles. The molecule has 0 spiro atoms. The van der Waals surface area contributed by atoms with E-state index in [0.29, 0.717) is 0 Å². The summed E-state index contributed by atoms with van der Waals surface area (Å²) in [6, 6.07) is 0. The van der Waals surface area contributed by atoms with Crippen LogP contribution in [0.1, 0.15) is 20.8 Å². The molecule has 0 aromatic heterocycles. The largest absolute Gasteiger partial charge is 0.370 e. The molecular formula is C7H15N3O. The number of rotatable bonds is 0. The monoisotopic (exact) mass is 157 g/mol. The van der Waals surface area contributed by atoms with Gasteiger partial charge in [0.2, 0.25) is 5.91 Å². The molecule has 0 saturated heterocycles. The summed E-state index contributed by atoms with van der Waals surface area (Å²) >= 11 is 0. The third-order valence-corrected chi connectivity index (χ3v) is 1.16. The Bertz CT molecular complexity index is 179. The van der Waals surface area contributed by atoms with E-state index in [9.17, 15) is 4.79 Å². The van der Waals surface area contributed by atoms with Crippen molar-refractivity contribution < 1.29 is 4.79 Å². The lowest BCUT2D eigenvalue weighted by atomic mass is 9.96. The number of aliphatic imine (C=N–C) groups is 1. The summed E-state index contributed by atoms with van der Waals surface area (Å²) in [5.74, 6) is 0.0329. The summed E-state index contributed by atoms with van der Waals surface area (Å²) in [7, 11) is 1.53. The molecule has 0 atom stereocenters. The lowest BCUT2D eigenvalue weighted by molar-refractivity contribution is -0.126. The average molecular weight is 157 g/mol. The quantitative estimate of drug-likeness (QED) is 0.386. The van der Waals surface area contributed by atoms with Crippen LogP contribution in [0, 0.1) is 5.41 Å². The highest BCUT2D eigenvalue weighted by atomic mass is 16.2. The topological polar surface area (TPSA) is 67.5 Å². The van der Waals surface area contributed by atoms with Crippen molar-refractivity contribution in [2.75, 3.05) is 7.05 Å². The molecule has 11 heavy (non-hydrogen) atoms. The summed E-state index contributed by atoms with van der Waals surface area (Å²) in [4.78, 5) is 14.8. The van der Waals surface area contributed by atoms with Crippen LogP contribution in [0.15, 0.2) is 4.99 Å². The maximum Gasteiger partial charge on any atom is 0.232 e. The van der Waals surface area contributed by atoms with Crippen molar-refractivity contribution in [2.45, 2.75) is 20.8 Å². The molecule has 4 heteroatoms. The predicted molar refractivity (Wildman–Crippen MR) is 45.1 cm³/mol. The van der Waals surface area contributed by atoms with E-state index in [0.717, 1.165) is 0 Å². The smallest absolute Gasteiger partial charge is 0.232 e. The van der Waals surface area contributed by atoms with Gasteiger partial charge in [0.05, 0.1) is 0 Å². The van der Waals surface area contributed by atoms with Crippen LogP contribution in [-0.4, -0.2) is 18.9 Å². The molecule has 0 aliphatic rings. The van der Waals surface area contributed by atoms with Gasteiger partial charge in [-0.15, -0.1) is 0 Å². The molecule has 3 N–H and O–H groups in total. The van der Waals surface area contributed by atoms with Gasteiger partial charge in [-0.05, 0) is 0 Å². The van der Waals surface area contributed by atoms with Gasteiger partial charge in [-0.2, -0.15) is 0 Å². The number of carbonyl (C=O) groups excluding carboxylic acids is 1. The second-order valence-electron chi connectivity index (χ2n) is 3.31. The summed E-state index contributed by atoms with van der Waals surface area (Å²) in [6.45, 7) is 5.43. The maximum atomic E-state index is 11.2. The van der Waals surface area contributed by atoms with Gasteiger partial charge in [-0.25, -0.2) is 0 Å². The minimum absolute atomic E-state index is 0.124. The number of nitrogens with one attached hydrogen (secondary N) is 1. The molecule has 1 amide bonds. The fourth-order valence-corrected chi connectivity index (χ4v) is 0.360. The standard InChI is InChI=1S/C7H15N3O/c1-7(2,3)5(11)10-6(8)9-4/h1-4H3,(H3,8,9,10,11). The van der Waals surface area contributed by atoms with E-state index in [1.807, 2.05) is 20.8 Å². The number of hydrogen-bond acceptors (Lipinski definition) is 2. The van der Waals surface area contributed by atoms with Gasteiger partial charge in [-0.1, -0.05) is 20.8 Å². The molecule has 4 nitrogen and oxygen atoms in total. The number of amides is 1. The minimum Gasteiger partial charge on any atom is -0.370 e. The van der Waals surface area contributed by atoms with Crippen molar-refractivity contribution in [2.24, 2.45) is 16.1 Å². The first-order chi connectivity index (χ1) is 4.88. The molecule has 0 aromatic rings. The van der Waals surface area contributed by atoms with Crippen molar-refractivity contribution >= 4 is 11.9 Å². The second kappa shape index (κ2) is 3.37. The van der Waals surface area contributed by atoms with Crippen LogP contribution in [0.25, 0.3) is 0 Å². The van der Waals surface area contributed by atoms with Crippen molar-refractivity contribution in [3.05, 3.63) is 0 Å². The van der Waals surface area contributed by atoms with E-state index in [1.165, 1.54) is 7.05 Å². The number of hydrogen-bond donors (Lipinski definition) is 2. The van der Waals surface area contributed by atoms with E-state index in [4.69, 9.17) is 5.73 Å². The SMILES string of the molecule is CN=C(N)NC(=O)C(C)(C)C. The van der Waals surface area contributed by atoms with E-state index in [2.05, 4.69) is 10.3 Å². The van der Waals surface area contributed by atoms with Crippen molar-refractivity contribution in [3.8, 4) is 0 Å². The summed E-state index contributed by atoms with van der Waals surface area (Å²) in [5, 5.41) is 2.46. The van der Waals surface area contributed by atoms with Crippen LogP contribution in [0.5, 0.6) is 0 Å². The first-order valence-corrected chi connectivity index (χ1v) is 3.41. The van der Waals surface area contributed by atoms with Gasteiger partial charge in [0.15, 0.2) is 5.96 Å². The minimum atomic E-state index is -0.421. The third kappa shape index (κ3) is 3.60. The molecule has 0 rings (SSSR count). The lowest BCUT2D eigenvalue weighted by Gasteiger charge is -2.16. The summed E-state index contributed by atoms with van der Waals surface area (Å²) in [6.07, 6.45) is 0. The molecule has 0 radical (unpaired) electrons. The highest BCUT2D eigenvalue weighted by molar-refractivity contribution is 5.98. The van der Waals surface area contributed by atoms with Crippen LogP contribution in [0.3, 0.4) is 0 Å². The molecule has 0 unspecified atom stereocenters. The fourth-order valence-electron chi connectivity index (χ4n) is 0.360. The Morgan fingerprint density at radius 2 is 1.91 bits per heavy atom. The van der Waals surface area contributed by atoms with Gasteiger partial charge >= 0.3 is 0 Å². The predicted octanol–water partition coefficient (Wildman–Crippen LogP) is 0.0932. The van der Waals surface area contributed by atoms with Gasteiger partial charge < -0.3 is 5.73 Å². The number of carbonyl (C=O) groups is 1. The molecule has 0 aliphatic heterocycles. The maximum absolute atomic E-state index is 11.2. The van der Waals surface area contributed by atoms with Gasteiger partial charge in [0.1, 0.15) is 0 Å². The first kappa shape index (κ1) is 9.94. The Hall–Kier alpha value is -1.06. The van der Waals surface area contributed by atoms with Crippen LogP contribution >= 0.6 is 0 Å². The van der Waals surface area contributed by atoms with Crippen molar-refractivity contribution in [3.63, 3.8) is 0 Å². The molecule has 0 fully saturated rings. The summed E-state index contributed by atoms with van der Waals surface area (Å²) in [5.41, 5.74) is 4.87. The average Bonchev–Trinajstić information content (AvgIpc) is 1.85. The molecular weight excluding hydrogens is 142 g/mol. The van der Waals surface area contributed by atoms with Crippen molar-refractivity contribution in [1.29, 1.82) is 0 Å². The van der Waals surface area contributed by atoms with E-state index < -0.39 is 5.41 Å². The summed E-state index contributed by atoms with van der Waals surface area (Å²) < 4.78 is 0. The van der Waals surface area contributed by atoms with Crippen molar-refractivity contribution in [1.82, 2.24) is 5.32 Å². The Labute approximate surface area is 66.9 Å². The van der Waals surface area contributed by atoms with Crippen LogP contribution in [-0.2, 0) is 4.79 Å². The zero-order chi connectivity index (χ0) is 9.07. The first-order valence-electron chi connectivity index (χ1n) is 3.41. The molecule has 64 valence electrons. The van der Waals surface area contributed by atoms with Gasteiger partial charge in [-0.3, -0.25) is 15.1 Å². The molecule has 0 bridgehead atoms. The van der Waals surface area contributed by atoms with Gasteiger partial charge in [0, 0.05) is 12.5 Å². The lowest BCUT2D eigenvalue weighted by Crippen LogP contribution is -2.42. The molecule has 0 heterocycles. The fraction of sp³-hybridized carbons (Fsp3) is 0.714. The Balaban J connectivity index is 4.10. The molecule has 0 aliphatic carbocycles. The van der Waals surface area contributed by atoms with E-state index in [-0.39, 0.29) is 11.9 Å². The highest BCUT2D eigenvalue weighted by Crippen LogP contribution is 2.11. The second-order valence-corrected chi connectivity index (χ2v) is 3.31. The van der Waals surface area contributed by atoms with Gasteiger partial charge in [0.25, 0.3) is 0 Å². The number of nitrogens with two attached hydrogens (primary N) is 1. The van der Waals surface area contributed by atoms with Crippen LogP contribution in [0.4, 0.5) is 0 Å². The zero-order valence-electron chi connectivity index (χ0n) is 7.43. The number of nitrogens with zero attached hydrogens (tertiary/aromatic N) is 1. The zero-order valence-corrected chi connectivity index (χ0v) is 7.43. The van der Waals surface area contributed by atoms with Crippen LogP contribution in [0.2, 0.25) is 0 Å². The molecule has 0 saturated carbocycles.